The third kappa shape index (κ3) is 1.59. The Morgan fingerprint density at radius 3 is 2.31 bits per heavy atom. The normalized spacial score (nSPS) is 32.7. The van der Waals surface area contributed by atoms with Crippen LogP contribution in [0.1, 0.15) is 25.3 Å². The van der Waals surface area contributed by atoms with E-state index >= 15 is 0 Å². The largest absolute Gasteiger partial charge is 0.385 e. The van der Waals surface area contributed by atoms with E-state index in [2.05, 4.69) is 6.92 Å². The van der Waals surface area contributed by atoms with Crippen LogP contribution in [0, 0.1) is 5.92 Å². The van der Waals surface area contributed by atoms with Gasteiger partial charge in [-0.2, -0.15) is 0 Å². The smallest absolute Gasteiger partial charge is 0.0901 e. The van der Waals surface area contributed by atoms with Crippen molar-refractivity contribution in [2.24, 2.45) is 5.92 Å². The summed E-state index contributed by atoms with van der Waals surface area (Å²) in [5.74, 6) is 0.640. The van der Waals surface area contributed by atoms with Gasteiger partial charge >= 0.3 is 0 Å². The third-order valence-corrected chi connectivity index (χ3v) is 3.01. The minimum absolute atomic E-state index is 0.579. The van der Waals surface area contributed by atoms with E-state index in [0.29, 0.717) is 5.92 Å². The molecule has 1 aromatic carbocycles. The van der Waals surface area contributed by atoms with Gasteiger partial charge in [0.1, 0.15) is 0 Å². The van der Waals surface area contributed by atoms with Crippen LogP contribution < -0.4 is 0 Å². The van der Waals surface area contributed by atoms with Crippen molar-refractivity contribution in [2.45, 2.75) is 25.4 Å². The highest BCUT2D eigenvalue weighted by atomic mass is 35.5. The number of hydrogen-bond acceptors (Lipinski definition) is 1. The van der Waals surface area contributed by atoms with Crippen LogP contribution in [-0.2, 0) is 5.60 Å². The van der Waals surface area contributed by atoms with Crippen molar-refractivity contribution in [3.8, 4) is 0 Å². The van der Waals surface area contributed by atoms with Crippen LogP contribution in [0.4, 0.5) is 0 Å². The summed E-state index contributed by atoms with van der Waals surface area (Å²) < 4.78 is 0. The molecule has 0 atom stereocenters. The van der Waals surface area contributed by atoms with E-state index in [1.54, 1.807) is 0 Å². The molecule has 0 radical (unpaired) electrons. The second-order valence-corrected chi connectivity index (χ2v) is 4.49. The highest BCUT2D eigenvalue weighted by Crippen LogP contribution is 2.45. The summed E-state index contributed by atoms with van der Waals surface area (Å²) in [6, 6.07) is 7.48. The number of halogens is 1. The van der Waals surface area contributed by atoms with Gasteiger partial charge in [-0.25, -0.2) is 0 Å². The number of aliphatic hydroxyl groups is 1. The van der Waals surface area contributed by atoms with Crippen LogP contribution in [0.25, 0.3) is 0 Å². The number of hydrogen-bond donors (Lipinski definition) is 1. The molecular weight excluding hydrogens is 184 g/mol. The van der Waals surface area contributed by atoms with Crippen LogP contribution in [0.2, 0.25) is 5.02 Å². The Balaban J connectivity index is 2.22. The van der Waals surface area contributed by atoms with Crippen molar-refractivity contribution in [1.82, 2.24) is 0 Å². The molecule has 0 aromatic heterocycles. The SMILES string of the molecule is CC1CC(O)(c2ccc(Cl)cc2)C1. The molecule has 0 bridgehead atoms. The van der Waals surface area contributed by atoms with Crippen LogP contribution in [-0.4, -0.2) is 5.11 Å². The van der Waals surface area contributed by atoms with Gasteiger partial charge in [0.15, 0.2) is 0 Å². The topological polar surface area (TPSA) is 20.2 Å². The van der Waals surface area contributed by atoms with Crippen molar-refractivity contribution in [3.63, 3.8) is 0 Å². The summed E-state index contributed by atoms with van der Waals surface area (Å²) in [7, 11) is 0. The molecule has 0 unspecified atom stereocenters. The molecule has 1 fully saturated rings. The molecule has 1 nitrogen and oxygen atoms in total. The Labute approximate surface area is 83.3 Å². The van der Waals surface area contributed by atoms with Crippen molar-refractivity contribution in [1.29, 1.82) is 0 Å². The van der Waals surface area contributed by atoms with Gasteiger partial charge in [0, 0.05) is 5.02 Å². The molecule has 2 heteroatoms. The zero-order valence-electron chi connectivity index (χ0n) is 7.63. The summed E-state index contributed by atoms with van der Waals surface area (Å²) in [4.78, 5) is 0. The maximum absolute atomic E-state index is 10.1. The Kier molecular flexibility index (Phi) is 2.09. The fourth-order valence-corrected chi connectivity index (χ4v) is 2.21. The first-order chi connectivity index (χ1) is 6.10. The van der Waals surface area contributed by atoms with E-state index in [0.717, 1.165) is 23.4 Å². The summed E-state index contributed by atoms with van der Waals surface area (Å²) in [5.41, 5.74) is 0.416. The van der Waals surface area contributed by atoms with E-state index in [9.17, 15) is 5.11 Å². The summed E-state index contributed by atoms with van der Waals surface area (Å²) in [6.45, 7) is 2.16. The quantitative estimate of drug-likeness (QED) is 0.732. The van der Waals surface area contributed by atoms with Gasteiger partial charge in [0.05, 0.1) is 5.60 Å². The van der Waals surface area contributed by atoms with E-state index < -0.39 is 5.60 Å². The second-order valence-electron chi connectivity index (χ2n) is 4.05. The van der Waals surface area contributed by atoms with Gasteiger partial charge in [0.25, 0.3) is 0 Å². The predicted octanol–water partition coefficient (Wildman–Crippen LogP) is 2.96. The first kappa shape index (κ1) is 9.04. The molecule has 0 spiro atoms. The second kappa shape index (κ2) is 3.00. The lowest BCUT2D eigenvalue weighted by Crippen LogP contribution is -2.39. The minimum Gasteiger partial charge on any atom is -0.385 e. The van der Waals surface area contributed by atoms with Gasteiger partial charge < -0.3 is 5.11 Å². The fourth-order valence-electron chi connectivity index (χ4n) is 2.09. The lowest BCUT2D eigenvalue weighted by atomic mass is 9.68. The van der Waals surface area contributed by atoms with Crippen molar-refractivity contribution >= 4 is 11.6 Å². The summed E-state index contributed by atoms with van der Waals surface area (Å²) >= 11 is 5.77. The Morgan fingerprint density at radius 2 is 1.85 bits per heavy atom. The first-order valence-electron chi connectivity index (χ1n) is 4.58. The average molecular weight is 197 g/mol. The molecule has 2 rings (SSSR count). The minimum atomic E-state index is -0.579. The standard InChI is InChI=1S/C11H13ClO/c1-8-6-11(13,7-8)9-2-4-10(12)5-3-9/h2-5,8,13H,6-7H2,1H3. The Morgan fingerprint density at radius 1 is 1.31 bits per heavy atom. The molecule has 70 valence electrons. The molecule has 1 aliphatic rings. The zero-order chi connectivity index (χ0) is 9.47. The van der Waals surface area contributed by atoms with E-state index in [-0.39, 0.29) is 0 Å². The van der Waals surface area contributed by atoms with Gasteiger partial charge in [-0.15, -0.1) is 0 Å². The van der Waals surface area contributed by atoms with E-state index in [4.69, 9.17) is 11.6 Å². The molecule has 0 heterocycles. The molecule has 0 aliphatic heterocycles. The lowest BCUT2D eigenvalue weighted by molar-refractivity contribution is -0.0738. The zero-order valence-corrected chi connectivity index (χ0v) is 8.38. The summed E-state index contributed by atoms with van der Waals surface area (Å²) in [5, 5.41) is 10.8. The molecule has 13 heavy (non-hydrogen) atoms. The van der Waals surface area contributed by atoms with E-state index in [1.807, 2.05) is 24.3 Å². The first-order valence-corrected chi connectivity index (χ1v) is 4.96. The molecule has 0 amide bonds. The van der Waals surface area contributed by atoms with Crippen LogP contribution in [0.3, 0.4) is 0 Å². The Hall–Kier alpha value is -0.530. The van der Waals surface area contributed by atoms with E-state index in [1.165, 1.54) is 0 Å². The molecule has 1 N–H and O–H groups in total. The maximum Gasteiger partial charge on any atom is 0.0901 e. The molecule has 1 aromatic rings. The van der Waals surface area contributed by atoms with Crippen LogP contribution in [0.5, 0.6) is 0 Å². The van der Waals surface area contributed by atoms with Gasteiger partial charge in [-0.1, -0.05) is 30.7 Å². The average Bonchev–Trinajstić information content (AvgIpc) is 2.03. The number of rotatable bonds is 1. The molecule has 1 saturated carbocycles. The van der Waals surface area contributed by atoms with Gasteiger partial charge in [-0.05, 0) is 36.5 Å². The van der Waals surface area contributed by atoms with Crippen LogP contribution in [0.15, 0.2) is 24.3 Å². The maximum atomic E-state index is 10.1. The molecular formula is C11H13ClO. The van der Waals surface area contributed by atoms with Crippen LogP contribution >= 0.6 is 11.6 Å². The van der Waals surface area contributed by atoms with Gasteiger partial charge in [-0.3, -0.25) is 0 Å². The lowest BCUT2D eigenvalue weighted by Gasteiger charge is -2.42. The predicted molar refractivity (Wildman–Crippen MR) is 53.7 cm³/mol. The van der Waals surface area contributed by atoms with Crippen molar-refractivity contribution < 1.29 is 5.11 Å². The van der Waals surface area contributed by atoms with Crippen molar-refractivity contribution in [3.05, 3.63) is 34.9 Å². The molecule has 1 aliphatic carbocycles. The van der Waals surface area contributed by atoms with Crippen molar-refractivity contribution in [2.75, 3.05) is 0 Å². The fraction of sp³-hybridized carbons (Fsp3) is 0.455. The Bertz CT molecular complexity index is 298. The third-order valence-electron chi connectivity index (χ3n) is 2.75. The monoisotopic (exact) mass is 196 g/mol. The highest BCUT2D eigenvalue weighted by Gasteiger charge is 2.41. The summed E-state index contributed by atoms with van der Waals surface area (Å²) in [6.07, 6.45) is 1.74. The highest BCUT2D eigenvalue weighted by molar-refractivity contribution is 6.30. The number of benzene rings is 1. The molecule has 0 saturated heterocycles. The van der Waals surface area contributed by atoms with Gasteiger partial charge in [0.2, 0.25) is 0 Å².